The smallest absolute Gasteiger partial charge is 0.268 e. The summed E-state index contributed by atoms with van der Waals surface area (Å²) < 4.78 is 63.6. The van der Waals surface area contributed by atoms with Gasteiger partial charge in [-0.2, -0.15) is 13.2 Å². The Labute approximate surface area is 107 Å². The van der Waals surface area contributed by atoms with Crippen LogP contribution in [0.1, 0.15) is 15.9 Å². The highest BCUT2D eigenvalue weighted by Crippen LogP contribution is 2.40. The highest BCUT2D eigenvalue weighted by atomic mass is 32.3. The molecule has 1 heterocycles. The van der Waals surface area contributed by atoms with Crippen molar-refractivity contribution in [3.05, 3.63) is 35.4 Å². The number of carbonyl (C=O) groups excluding carboxylic acids is 1. The quantitative estimate of drug-likeness (QED) is 0.621. The maximum Gasteiger partial charge on any atom is 0.402 e. The summed E-state index contributed by atoms with van der Waals surface area (Å²) in [5, 5.41) is 0. The van der Waals surface area contributed by atoms with Crippen LogP contribution in [0.15, 0.2) is 24.3 Å². The van der Waals surface area contributed by atoms with E-state index in [1.165, 1.54) is 18.2 Å². The van der Waals surface area contributed by atoms with Crippen molar-refractivity contribution in [2.45, 2.75) is 12.7 Å². The number of hydrogen-bond acceptors (Lipinski definition) is 2. The van der Waals surface area contributed by atoms with Crippen LogP contribution in [-0.2, 0) is 16.2 Å². The molecule has 8 heteroatoms. The number of amides is 1. The van der Waals surface area contributed by atoms with E-state index in [9.17, 15) is 26.1 Å². The van der Waals surface area contributed by atoms with Crippen LogP contribution in [0, 0.1) is 0 Å². The largest absolute Gasteiger partial charge is 0.402 e. The Kier molecular flexibility index (Phi) is 2.78. The summed E-state index contributed by atoms with van der Waals surface area (Å²) in [6.07, 6.45) is -4.60. The van der Waals surface area contributed by atoms with Gasteiger partial charge in [0.2, 0.25) is 0 Å². The van der Waals surface area contributed by atoms with Crippen molar-refractivity contribution < 1.29 is 26.1 Å². The zero-order chi connectivity index (χ0) is 14.5. The van der Waals surface area contributed by atoms with Crippen molar-refractivity contribution in [3.63, 3.8) is 0 Å². The SMILES string of the molecule is CS(=O)(F)(CC(F)(F)F)N1Cc2ccccc2C1=O. The minimum atomic E-state index is -5.76. The van der Waals surface area contributed by atoms with Gasteiger partial charge in [0.15, 0.2) is 0 Å². The summed E-state index contributed by atoms with van der Waals surface area (Å²) in [5.74, 6) is -3.12. The number of carbonyl (C=O) groups is 1. The fraction of sp³-hybridized carbons (Fsp3) is 0.364. The van der Waals surface area contributed by atoms with Gasteiger partial charge in [0.25, 0.3) is 5.91 Å². The molecule has 0 aromatic heterocycles. The molecule has 1 aliphatic heterocycles. The lowest BCUT2D eigenvalue weighted by atomic mass is 10.1. The third kappa shape index (κ3) is 2.63. The molecule has 0 N–H and O–H groups in total. The Morgan fingerprint density at radius 3 is 2.42 bits per heavy atom. The first kappa shape index (κ1) is 14.0. The third-order valence-electron chi connectivity index (χ3n) is 2.82. The lowest BCUT2D eigenvalue weighted by Gasteiger charge is -2.38. The predicted molar refractivity (Wildman–Crippen MR) is 62.4 cm³/mol. The molecule has 0 unspecified atom stereocenters. The molecule has 1 aliphatic rings. The highest BCUT2D eigenvalue weighted by molar-refractivity contribution is 8.13. The molecule has 0 spiro atoms. The van der Waals surface area contributed by atoms with Gasteiger partial charge >= 0.3 is 6.18 Å². The van der Waals surface area contributed by atoms with E-state index in [-0.39, 0.29) is 9.87 Å². The van der Waals surface area contributed by atoms with E-state index in [0.717, 1.165) is 0 Å². The van der Waals surface area contributed by atoms with Crippen LogP contribution in [0.3, 0.4) is 0 Å². The van der Waals surface area contributed by atoms with Crippen molar-refractivity contribution in [2.24, 2.45) is 0 Å². The van der Waals surface area contributed by atoms with Gasteiger partial charge in [-0.05, 0) is 11.6 Å². The zero-order valence-electron chi connectivity index (χ0n) is 9.91. The van der Waals surface area contributed by atoms with Crippen LogP contribution in [0.5, 0.6) is 0 Å². The number of alkyl halides is 3. The molecule has 0 fully saturated rings. The van der Waals surface area contributed by atoms with Crippen molar-refractivity contribution in [1.29, 1.82) is 0 Å². The number of benzene rings is 1. The summed E-state index contributed by atoms with van der Waals surface area (Å²) in [6, 6.07) is 5.94. The first-order valence-electron chi connectivity index (χ1n) is 5.30. The lowest BCUT2D eigenvalue weighted by Crippen LogP contribution is -2.52. The van der Waals surface area contributed by atoms with Crippen LogP contribution in [0.4, 0.5) is 17.1 Å². The molecule has 0 bridgehead atoms. The molecule has 0 saturated heterocycles. The van der Waals surface area contributed by atoms with E-state index in [1.54, 1.807) is 6.07 Å². The zero-order valence-corrected chi connectivity index (χ0v) is 10.7. The predicted octanol–water partition coefficient (Wildman–Crippen LogP) is 2.45. The Bertz CT molecular complexity index is 605. The average molecular weight is 297 g/mol. The fourth-order valence-corrected chi connectivity index (χ4v) is 3.90. The van der Waals surface area contributed by atoms with Gasteiger partial charge in [-0.1, -0.05) is 18.2 Å². The van der Waals surface area contributed by atoms with Gasteiger partial charge in [0.1, 0.15) is 15.4 Å². The van der Waals surface area contributed by atoms with Gasteiger partial charge in [0, 0.05) is 11.8 Å². The number of fused-ring (bicyclic) bond motifs is 1. The van der Waals surface area contributed by atoms with E-state index in [2.05, 4.69) is 0 Å². The summed E-state index contributed by atoms with van der Waals surface area (Å²) >= 11 is 0. The Morgan fingerprint density at radius 2 is 1.89 bits per heavy atom. The van der Waals surface area contributed by atoms with Crippen molar-refractivity contribution in [1.82, 2.24) is 4.31 Å². The summed E-state index contributed by atoms with van der Waals surface area (Å²) in [4.78, 5) is 11.9. The minimum absolute atomic E-state index is 0.0861. The summed E-state index contributed by atoms with van der Waals surface area (Å²) in [6.45, 7) is -0.413. The molecule has 1 amide bonds. The fourth-order valence-electron chi connectivity index (χ4n) is 2.04. The van der Waals surface area contributed by atoms with E-state index < -0.39 is 34.0 Å². The van der Waals surface area contributed by atoms with Crippen molar-refractivity contribution >= 4 is 15.5 Å². The van der Waals surface area contributed by atoms with Gasteiger partial charge in [-0.15, -0.1) is 3.89 Å². The van der Waals surface area contributed by atoms with Crippen LogP contribution < -0.4 is 0 Å². The minimum Gasteiger partial charge on any atom is -0.268 e. The van der Waals surface area contributed by atoms with E-state index in [1.807, 2.05) is 0 Å². The molecule has 3 nitrogen and oxygen atoms in total. The molecule has 1 aromatic carbocycles. The second kappa shape index (κ2) is 3.78. The molecule has 0 aliphatic carbocycles. The maximum atomic E-state index is 14.3. The molecule has 19 heavy (non-hydrogen) atoms. The van der Waals surface area contributed by atoms with E-state index in [0.29, 0.717) is 11.8 Å². The first-order valence-corrected chi connectivity index (χ1v) is 7.70. The molecule has 0 radical (unpaired) electrons. The lowest BCUT2D eigenvalue weighted by molar-refractivity contribution is -0.107. The molecule has 0 saturated carbocycles. The van der Waals surface area contributed by atoms with Crippen LogP contribution in [-0.4, -0.2) is 32.6 Å². The van der Waals surface area contributed by atoms with Gasteiger partial charge in [-0.25, -0.2) is 4.21 Å². The number of hydrogen-bond donors (Lipinski definition) is 0. The van der Waals surface area contributed by atoms with Crippen molar-refractivity contribution in [2.75, 3.05) is 12.0 Å². The molecule has 1 aromatic rings. The van der Waals surface area contributed by atoms with Gasteiger partial charge in [-0.3, -0.25) is 9.10 Å². The van der Waals surface area contributed by atoms with Gasteiger partial charge in [0.05, 0.1) is 6.54 Å². The molecular formula is C11H11F4NO2S. The molecule has 2 rings (SSSR count). The molecule has 0 atom stereocenters. The summed E-state index contributed by atoms with van der Waals surface area (Å²) in [5.41, 5.74) is 0.455. The number of halogens is 4. The number of rotatable bonds is 2. The third-order valence-corrected chi connectivity index (χ3v) is 5.19. The average Bonchev–Trinajstić information content (AvgIpc) is 2.53. The standard InChI is InChI=1S/C11H11F4NO2S/c1-19(15,18,7-11(12,13)14)16-6-8-4-2-3-5-9(8)10(16)17/h2-5H,6-7H2,1H3. The topological polar surface area (TPSA) is 37.4 Å². The molecule has 106 valence electrons. The Balaban J connectivity index is 2.40. The van der Waals surface area contributed by atoms with E-state index in [4.69, 9.17) is 0 Å². The monoisotopic (exact) mass is 297 g/mol. The second-order valence-corrected chi connectivity index (χ2v) is 8.05. The molecular weight excluding hydrogens is 286 g/mol. The Hall–Kier alpha value is -1.44. The van der Waals surface area contributed by atoms with Crippen molar-refractivity contribution in [3.8, 4) is 0 Å². The number of nitrogens with zero attached hydrogens (tertiary/aromatic N) is 1. The highest BCUT2D eigenvalue weighted by Gasteiger charge is 2.52. The second-order valence-electron chi connectivity index (χ2n) is 4.61. The van der Waals surface area contributed by atoms with Crippen LogP contribution >= 0.6 is 0 Å². The van der Waals surface area contributed by atoms with Crippen LogP contribution in [0.2, 0.25) is 0 Å². The first-order chi connectivity index (χ1) is 8.48. The normalized spacial score (nSPS) is 18.1. The maximum absolute atomic E-state index is 14.3. The van der Waals surface area contributed by atoms with E-state index >= 15 is 0 Å². The summed E-state index contributed by atoms with van der Waals surface area (Å²) in [7, 11) is -5.76. The van der Waals surface area contributed by atoms with Crippen LogP contribution in [0.25, 0.3) is 0 Å². The Morgan fingerprint density at radius 1 is 1.32 bits per heavy atom. The van der Waals surface area contributed by atoms with Gasteiger partial charge < -0.3 is 0 Å².